The van der Waals surface area contributed by atoms with Crippen molar-refractivity contribution >= 4 is 0 Å². The third-order valence-electron chi connectivity index (χ3n) is 4.03. The molecule has 2 aliphatic heterocycles. The van der Waals surface area contributed by atoms with Crippen LogP contribution in [-0.4, -0.2) is 44.2 Å². The molecule has 0 spiro atoms. The molecule has 3 rings (SSSR count). The minimum Gasteiger partial charge on any atom is -0.497 e. The first-order valence-corrected chi connectivity index (χ1v) is 7.24. The van der Waals surface area contributed by atoms with E-state index in [-0.39, 0.29) is 0 Å². The Kier molecular flexibility index (Phi) is 4.23. The Bertz CT molecular complexity index is 470. The van der Waals surface area contributed by atoms with Gasteiger partial charge in [-0.2, -0.15) is 0 Å². The second-order valence-corrected chi connectivity index (χ2v) is 5.37. The molecule has 0 bridgehead atoms. The maximum atomic E-state index is 5.95. The van der Waals surface area contributed by atoms with Gasteiger partial charge in [0.05, 0.1) is 13.7 Å². The Morgan fingerprint density at radius 3 is 2.95 bits per heavy atom. The van der Waals surface area contributed by atoms with Gasteiger partial charge in [0.2, 0.25) is 0 Å². The molecule has 1 aromatic rings. The van der Waals surface area contributed by atoms with Crippen LogP contribution in [0.2, 0.25) is 0 Å². The van der Waals surface area contributed by atoms with E-state index in [0.717, 1.165) is 44.1 Å². The molecule has 108 valence electrons. The zero-order valence-electron chi connectivity index (χ0n) is 12.0. The van der Waals surface area contributed by atoms with E-state index in [4.69, 9.17) is 9.47 Å². The van der Waals surface area contributed by atoms with Crippen molar-refractivity contribution in [3.63, 3.8) is 0 Å². The Balaban J connectivity index is 1.54. The molecular weight excluding hydrogens is 252 g/mol. The molecule has 0 aliphatic carbocycles. The highest BCUT2D eigenvalue weighted by molar-refractivity contribution is 5.26. The summed E-state index contributed by atoms with van der Waals surface area (Å²) in [5.74, 6) is 1.99. The zero-order chi connectivity index (χ0) is 13.8. The van der Waals surface area contributed by atoms with Gasteiger partial charge in [-0.1, -0.05) is 12.1 Å². The average Bonchev–Trinajstić information content (AvgIpc) is 2.53. The van der Waals surface area contributed by atoms with E-state index < -0.39 is 0 Å². The predicted octanol–water partition coefficient (Wildman–Crippen LogP) is 1.77. The van der Waals surface area contributed by atoms with Crippen LogP contribution < -0.4 is 10.1 Å². The minimum absolute atomic E-state index is 0.632. The summed E-state index contributed by atoms with van der Waals surface area (Å²) < 4.78 is 11.1. The highest BCUT2D eigenvalue weighted by atomic mass is 16.5. The van der Waals surface area contributed by atoms with Crippen molar-refractivity contribution in [2.75, 3.05) is 33.3 Å². The number of benzene rings is 1. The first kappa shape index (κ1) is 13.5. The molecule has 4 nitrogen and oxygen atoms in total. The minimum atomic E-state index is 0.632. The van der Waals surface area contributed by atoms with Gasteiger partial charge in [-0.05, 0) is 30.2 Å². The number of hydrogen-bond acceptors (Lipinski definition) is 4. The molecule has 2 aliphatic rings. The number of methoxy groups -OCH3 is 1. The highest BCUT2D eigenvalue weighted by Gasteiger charge is 2.25. The Hall–Kier alpha value is -1.52. The maximum absolute atomic E-state index is 5.95. The summed E-state index contributed by atoms with van der Waals surface area (Å²) in [7, 11) is 1.68. The third-order valence-corrected chi connectivity index (χ3v) is 4.03. The summed E-state index contributed by atoms with van der Waals surface area (Å²) in [6.45, 7) is 4.88. The van der Waals surface area contributed by atoms with Gasteiger partial charge in [-0.3, -0.25) is 4.90 Å². The van der Waals surface area contributed by atoms with Crippen LogP contribution in [0.25, 0.3) is 0 Å². The Morgan fingerprint density at radius 1 is 1.30 bits per heavy atom. The van der Waals surface area contributed by atoms with Crippen molar-refractivity contribution < 1.29 is 9.47 Å². The van der Waals surface area contributed by atoms with Crippen LogP contribution in [0.4, 0.5) is 0 Å². The SMILES string of the molecule is COc1ccc(COC2=CCC3CNCCN3C2)cc1. The van der Waals surface area contributed by atoms with Crippen molar-refractivity contribution in [3.05, 3.63) is 41.7 Å². The van der Waals surface area contributed by atoms with E-state index >= 15 is 0 Å². The van der Waals surface area contributed by atoms with E-state index in [1.807, 2.05) is 12.1 Å². The van der Waals surface area contributed by atoms with E-state index in [0.29, 0.717) is 12.6 Å². The van der Waals surface area contributed by atoms with E-state index in [9.17, 15) is 0 Å². The molecule has 0 radical (unpaired) electrons. The maximum Gasteiger partial charge on any atom is 0.118 e. The first-order chi connectivity index (χ1) is 9.85. The lowest BCUT2D eigenvalue weighted by Gasteiger charge is -2.38. The smallest absolute Gasteiger partial charge is 0.118 e. The van der Waals surface area contributed by atoms with Gasteiger partial charge in [-0.25, -0.2) is 0 Å². The van der Waals surface area contributed by atoms with Gasteiger partial charge >= 0.3 is 0 Å². The second kappa shape index (κ2) is 6.29. The van der Waals surface area contributed by atoms with Crippen molar-refractivity contribution in [2.45, 2.75) is 19.1 Å². The molecule has 20 heavy (non-hydrogen) atoms. The van der Waals surface area contributed by atoms with E-state index in [2.05, 4.69) is 28.4 Å². The highest BCUT2D eigenvalue weighted by Crippen LogP contribution is 2.20. The molecule has 2 heterocycles. The normalized spacial score (nSPS) is 22.9. The van der Waals surface area contributed by atoms with E-state index in [1.165, 1.54) is 5.56 Å². The molecule has 0 amide bonds. The second-order valence-electron chi connectivity index (χ2n) is 5.37. The van der Waals surface area contributed by atoms with Crippen LogP contribution in [0.5, 0.6) is 5.75 Å². The Labute approximate surface area is 120 Å². The number of nitrogens with one attached hydrogen (secondary N) is 1. The van der Waals surface area contributed by atoms with Crippen molar-refractivity contribution in [2.24, 2.45) is 0 Å². The molecule has 1 unspecified atom stereocenters. The summed E-state index contributed by atoms with van der Waals surface area (Å²) in [5.41, 5.74) is 1.18. The van der Waals surface area contributed by atoms with Crippen LogP contribution >= 0.6 is 0 Å². The fourth-order valence-electron chi connectivity index (χ4n) is 2.78. The van der Waals surface area contributed by atoms with Crippen LogP contribution in [0.1, 0.15) is 12.0 Å². The van der Waals surface area contributed by atoms with Gasteiger partial charge < -0.3 is 14.8 Å². The molecule has 1 fully saturated rings. The average molecular weight is 274 g/mol. The molecule has 1 aromatic carbocycles. The summed E-state index contributed by atoms with van der Waals surface area (Å²) >= 11 is 0. The molecule has 4 heteroatoms. The number of fused-ring (bicyclic) bond motifs is 1. The van der Waals surface area contributed by atoms with Crippen LogP contribution in [0.15, 0.2) is 36.1 Å². The summed E-state index contributed by atoms with van der Waals surface area (Å²) in [6.07, 6.45) is 3.34. The van der Waals surface area contributed by atoms with Crippen molar-refractivity contribution in [1.82, 2.24) is 10.2 Å². The van der Waals surface area contributed by atoms with Crippen molar-refractivity contribution in [1.29, 1.82) is 0 Å². The van der Waals surface area contributed by atoms with Crippen LogP contribution in [0, 0.1) is 0 Å². The van der Waals surface area contributed by atoms with E-state index in [1.54, 1.807) is 7.11 Å². The lowest BCUT2D eigenvalue weighted by molar-refractivity contribution is 0.104. The number of rotatable bonds is 4. The standard InChI is InChI=1S/C16H22N2O2/c1-19-15-5-2-13(3-6-15)12-20-16-7-4-14-10-17-8-9-18(14)11-16/h2-3,5-7,14,17H,4,8-12H2,1H3. The lowest BCUT2D eigenvalue weighted by atomic mass is 10.1. The van der Waals surface area contributed by atoms with Crippen LogP contribution in [0.3, 0.4) is 0 Å². The summed E-state index contributed by atoms with van der Waals surface area (Å²) in [6, 6.07) is 8.70. The third kappa shape index (κ3) is 3.14. The first-order valence-electron chi connectivity index (χ1n) is 7.24. The molecule has 0 saturated carbocycles. The van der Waals surface area contributed by atoms with Crippen molar-refractivity contribution in [3.8, 4) is 5.75 Å². The van der Waals surface area contributed by atoms with Crippen LogP contribution in [-0.2, 0) is 11.3 Å². The van der Waals surface area contributed by atoms with Gasteiger partial charge in [0.15, 0.2) is 0 Å². The quantitative estimate of drug-likeness (QED) is 0.907. The zero-order valence-corrected chi connectivity index (χ0v) is 12.0. The number of nitrogens with zero attached hydrogens (tertiary/aromatic N) is 1. The fraction of sp³-hybridized carbons (Fsp3) is 0.500. The largest absolute Gasteiger partial charge is 0.497 e. The van der Waals surface area contributed by atoms with Gasteiger partial charge in [0.1, 0.15) is 18.1 Å². The summed E-state index contributed by atoms with van der Waals surface area (Å²) in [4.78, 5) is 2.51. The predicted molar refractivity (Wildman–Crippen MR) is 78.7 cm³/mol. The topological polar surface area (TPSA) is 33.7 Å². The Morgan fingerprint density at radius 2 is 2.15 bits per heavy atom. The van der Waals surface area contributed by atoms with Gasteiger partial charge in [-0.15, -0.1) is 0 Å². The molecular formula is C16H22N2O2. The number of piperazine rings is 1. The molecule has 1 N–H and O–H groups in total. The number of hydrogen-bond donors (Lipinski definition) is 1. The summed E-state index contributed by atoms with van der Waals surface area (Å²) in [5, 5.41) is 3.44. The van der Waals surface area contributed by atoms with Gasteiger partial charge in [0.25, 0.3) is 0 Å². The monoisotopic (exact) mass is 274 g/mol. The fourth-order valence-corrected chi connectivity index (χ4v) is 2.78. The molecule has 0 aromatic heterocycles. The lowest BCUT2D eigenvalue weighted by Crippen LogP contribution is -2.53. The molecule has 1 atom stereocenters. The molecule has 1 saturated heterocycles. The number of ether oxygens (including phenoxy) is 2. The van der Waals surface area contributed by atoms with Gasteiger partial charge in [0, 0.05) is 25.7 Å².